The molecular weight excluding hydrogens is 204 g/mol. The van der Waals surface area contributed by atoms with E-state index in [0.29, 0.717) is 11.1 Å². The molecule has 0 fully saturated rings. The highest BCUT2D eigenvalue weighted by Gasteiger charge is 2.33. The van der Waals surface area contributed by atoms with Crippen molar-refractivity contribution in [3.05, 3.63) is 47.0 Å². The number of rotatable bonds is 0. The smallest absolute Gasteiger partial charge is 0.347 e. The lowest BCUT2D eigenvalue weighted by molar-refractivity contribution is 0.0444. The van der Waals surface area contributed by atoms with Crippen LogP contribution < -0.4 is 0 Å². The van der Waals surface area contributed by atoms with Crippen molar-refractivity contribution in [3.8, 4) is 0 Å². The van der Waals surface area contributed by atoms with Gasteiger partial charge < -0.3 is 4.74 Å². The topological polar surface area (TPSA) is 43.4 Å². The zero-order valence-corrected chi connectivity index (χ0v) is 8.61. The quantitative estimate of drug-likeness (QED) is 0.497. The summed E-state index contributed by atoms with van der Waals surface area (Å²) in [6.45, 7) is 1.81. The minimum Gasteiger partial charge on any atom is -0.386 e. The number of cyclic esters (lactones) is 2. The van der Waals surface area contributed by atoms with Crippen molar-refractivity contribution in [1.82, 2.24) is 0 Å². The molecule has 0 spiro atoms. The van der Waals surface area contributed by atoms with E-state index in [1.165, 1.54) is 0 Å². The molecule has 0 atom stereocenters. The summed E-state index contributed by atoms with van der Waals surface area (Å²) in [7, 11) is 0. The van der Waals surface area contributed by atoms with Crippen molar-refractivity contribution < 1.29 is 14.3 Å². The lowest BCUT2D eigenvalue weighted by Crippen LogP contribution is -1.97. The van der Waals surface area contributed by atoms with Crippen LogP contribution in [0.5, 0.6) is 0 Å². The Bertz CT molecular complexity index is 641. The van der Waals surface area contributed by atoms with Crippen molar-refractivity contribution in [2.24, 2.45) is 0 Å². The Labute approximate surface area is 91.6 Å². The van der Waals surface area contributed by atoms with Crippen molar-refractivity contribution >= 4 is 22.7 Å². The van der Waals surface area contributed by atoms with Gasteiger partial charge in [-0.3, -0.25) is 0 Å². The third-order valence-electron chi connectivity index (χ3n) is 2.84. The van der Waals surface area contributed by atoms with Crippen LogP contribution in [0.15, 0.2) is 30.3 Å². The number of hydrogen-bond acceptors (Lipinski definition) is 3. The molecule has 2 aromatic rings. The molecule has 0 N–H and O–H groups in total. The van der Waals surface area contributed by atoms with Crippen LogP contribution in [0, 0.1) is 6.92 Å². The fourth-order valence-corrected chi connectivity index (χ4v) is 2.15. The fourth-order valence-electron chi connectivity index (χ4n) is 2.15. The SMILES string of the molecule is Cc1cc2ccccc2c2c1C(=O)OC2=O. The van der Waals surface area contributed by atoms with Crippen molar-refractivity contribution in [2.75, 3.05) is 0 Å². The molecule has 0 aliphatic carbocycles. The van der Waals surface area contributed by atoms with Gasteiger partial charge in [0.2, 0.25) is 0 Å². The van der Waals surface area contributed by atoms with E-state index in [1.54, 1.807) is 0 Å². The summed E-state index contributed by atoms with van der Waals surface area (Å²) in [5.41, 5.74) is 1.59. The van der Waals surface area contributed by atoms with Gasteiger partial charge in [0.05, 0.1) is 11.1 Å². The van der Waals surface area contributed by atoms with Gasteiger partial charge in [-0.15, -0.1) is 0 Å². The lowest BCUT2D eigenvalue weighted by atomic mass is 9.96. The molecular formula is C13H8O3. The van der Waals surface area contributed by atoms with Crippen LogP contribution in [0.25, 0.3) is 10.8 Å². The van der Waals surface area contributed by atoms with E-state index in [0.717, 1.165) is 16.3 Å². The molecule has 0 aromatic heterocycles. The average Bonchev–Trinajstić information content (AvgIpc) is 2.55. The van der Waals surface area contributed by atoms with Gasteiger partial charge in [0, 0.05) is 0 Å². The minimum absolute atomic E-state index is 0.403. The van der Waals surface area contributed by atoms with Gasteiger partial charge >= 0.3 is 11.9 Å². The molecule has 1 aliphatic heterocycles. The summed E-state index contributed by atoms with van der Waals surface area (Å²) < 4.78 is 4.64. The Morgan fingerprint density at radius 1 is 1.00 bits per heavy atom. The van der Waals surface area contributed by atoms with E-state index < -0.39 is 11.9 Å². The summed E-state index contributed by atoms with van der Waals surface area (Å²) in [5, 5.41) is 1.73. The molecule has 1 aliphatic rings. The van der Waals surface area contributed by atoms with Crippen LogP contribution in [0.1, 0.15) is 26.3 Å². The Kier molecular flexibility index (Phi) is 1.66. The third kappa shape index (κ3) is 1.03. The molecule has 0 saturated heterocycles. The summed E-state index contributed by atoms with van der Waals surface area (Å²) in [4.78, 5) is 23.1. The number of carbonyl (C=O) groups excluding carboxylic acids is 2. The number of carbonyl (C=O) groups is 2. The molecule has 16 heavy (non-hydrogen) atoms. The van der Waals surface area contributed by atoms with Crippen LogP contribution in [-0.2, 0) is 4.74 Å². The number of aryl methyl sites for hydroxylation is 1. The standard InChI is InChI=1S/C13H8O3/c1-7-6-8-4-2-3-5-9(8)11-10(7)12(14)16-13(11)15/h2-6H,1H3. The van der Waals surface area contributed by atoms with E-state index in [1.807, 2.05) is 37.3 Å². The summed E-state index contributed by atoms with van der Waals surface area (Å²) >= 11 is 0. The maximum Gasteiger partial charge on any atom is 0.347 e. The summed E-state index contributed by atoms with van der Waals surface area (Å²) in [6.07, 6.45) is 0. The predicted molar refractivity (Wildman–Crippen MR) is 58.4 cm³/mol. The first-order chi connectivity index (χ1) is 7.68. The van der Waals surface area contributed by atoms with E-state index in [-0.39, 0.29) is 0 Å². The van der Waals surface area contributed by atoms with Crippen LogP contribution in [0.4, 0.5) is 0 Å². The van der Waals surface area contributed by atoms with Gasteiger partial charge in [-0.2, -0.15) is 0 Å². The first-order valence-corrected chi connectivity index (χ1v) is 4.97. The maximum absolute atomic E-state index is 11.6. The second kappa shape index (κ2) is 2.92. The van der Waals surface area contributed by atoms with Gasteiger partial charge in [-0.05, 0) is 23.3 Å². The van der Waals surface area contributed by atoms with Gasteiger partial charge in [-0.25, -0.2) is 9.59 Å². The highest BCUT2D eigenvalue weighted by atomic mass is 16.6. The highest BCUT2D eigenvalue weighted by Crippen LogP contribution is 2.31. The zero-order valence-electron chi connectivity index (χ0n) is 8.61. The van der Waals surface area contributed by atoms with Crippen LogP contribution in [0.2, 0.25) is 0 Å². The zero-order chi connectivity index (χ0) is 11.3. The Balaban J connectivity index is 2.54. The van der Waals surface area contributed by atoms with Crippen molar-refractivity contribution in [1.29, 1.82) is 0 Å². The molecule has 0 radical (unpaired) electrons. The molecule has 1 heterocycles. The Hall–Kier alpha value is -2.16. The first kappa shape index (κ1) is 9.09. The van der Waals surface area contributed by atoms with E-state index in [4.69, 9.17) is 0 Å². The fraction of sp³-hybridized carbons (Fsp3) is 0.0769. The predicted octanol–water partition coefficient (Wildman–Crippen LogP) is 2.46. The molecule has 0 unspecified atom stereocenters. The molecule has 78 valence electrons. The van der Waals surface area contributed by atoms with Gasteiger partial charge in [0.15, 0.2) is 0 Å². The second-order valence-corrected chi connectivity index (χ2v) is 3.84. The van der Waals surface area contributed by atoms with Gasteiger partial charge in [0.1, 0.15) is 0 Å². The Morgan fingerprint density at radius 2 is 1.69 bits per heavy atom. The number of fused-ring (bicyclic) bond motifs is 3. The summed E-state index contributed by atoms with van der Waals surface area (Å²) in [6, 6.07) is 9.38. The van der Waals surface area contributed by atoms with Crippen molar-refractivity contribution in [3.63, 3.8) is 0 Å². The number of esters is 2. The number of ether oxygens (including phenoxy) is 1. The van der Waals surface area contributed by atoms with Gasteiger partial charge in [0.25, 0.3) is 0 Å². The molecule has 3 rings (SSSR count). The monoisotopic (exact) mass is 212 g/mol. The minimum atomic E-state index is -0.542. The molecule has 2 aromatic carbocycles. The molecule has 0 amide bonds. The van der Waals surface area contributed by atoms with Crippen LogP contribution in [0.3, 0.4) is 0 Å². The van der Waals surface area contributed by atoms with Crippen LogP contribution in [-0.4, -0.2) is 11.9 Å². The number of hydrogen-bond donors (Lipinski definition) is 0. The second-order valence-electron chi connectivity index (χ2n) is 3.84. The van der Waals surface area contributed by atoms with Crippen LogP contribution >= 0.6 is 0 Å². The van der Waals surface area contributed by atoms with E-state index in [9.17, 15) is 9.59 Å². The lowest BCUT2D eigenvalue weighted by Gasteiger charge is -2.03. The highest BCUT2D eigenvalue weighted by molar-refractivity contribution is 6.21. The van der Waals surface area contributed by atoms with E-state index in [2.05, 4.69) is 4.74 Å². The van der Waals surface area contributed by atoms with Crippen molar-refractivity contribution in [2.45, 2.75) is 6.92 Å². The molecule has 3 nitrogen and oxygen atoms in total. The first-order valence-electron chi connectivity index (χ1n) is 4.97. The Morgan fingerprint density at radius 3 is 2.50 bits per heavy atom. The average molecular weight is 212 g/mol. The normalized spacial score (nSPS) is 14.1. The third-order valence-corrected chi connectivity index (χ3v) is 2.84. The number of benzene rings is 2. The summed E-state index contributed by atoms with van der Waals surface area (Å²) in [5.74, 6) is -1.08. The molecule has 0 saturated carbocycles. The van der Waals surface area contributed by atoms with E-state index >= 15 is 0 Å². The largest absolute Gasteiger partial charge is 0.386 e. The maximum atomic E-state index is 11.6. The molecule has 3 heteroatoms. The van der Waals surface area contributed by atoms with Gasteiger partial charge in [-0.1, -0.05) is 30.3 Å². The molecule has 0 bridgehead atoms.